The fourth-order valence-corrected chi connectivity index (χ4v) is 4.18. The van der Waals surface area contributed by atoms with Crippen LogP contribution in [-0.2, 0) is 6.54 Å². The molecule has 2 aliphatic rings. The Morgan fingerprint density at radius 3 is 2.95 bits per heavy atom. The Bertz CT molecular complexity index is 817. The Balaban J connectivity index is 1.58. The molecule has 5 heteroatoms. The summed E-state index contributed by atoms with van der Waals surface area (Å²) in [6.07, 6.45) is 6.18. The zero-order chi connectivity index (χ0) is 14.5. The van der Waals surface area contributed by atoms with Gasteiger partial charge in [-0.3, -0.25) is 4.90 Å². The Morgan fingerprint density at radius 1 is 1.00 bits per heavy atom. The molecule has 112 valence electrons. The van der Waals surface area contributed by atoms with E-state index in [0.717, 1.165) is 30.5 Å². The highest BCUT2D eigenvalue weighted by molar-refractivity contribution is 5.73. The number of piperidine rings is 1. The molecule has 2 aromatic heterocycles. The van der Waals surface area contributed by atoms with Crippen LogP contribution in [0.15, 0.2) is 42.6 Å². The van der Waals surface area contributed by atoms with E-state index in [4.69, 9.17) is 0 Å². The van der Waals surface area contributed by atoms with Crippen molar-refractivity contribution in [1.29, 1.82) is 0 Å². The molecule has 0 bridgehead atoms. The Labute approximate surface area is 129 Å². The van der Waals surface area contributed by atoms with E-state index in [9.17, 15) is 0 Å². The molecule has 3 aromatic rings. The first-order valence-electron chi connectivity index (χ1n) is 8.12. The second-order valence-electron chi connectivity index (χ2n) is 6.31. The summed E-state index contributed by atoms with van der Waals surface area (Å²) in [4.78, 5) is 2.62. The summed E-state index contributed by atoms with van der Waals surface area (Å²) in [5.74, 6) is 0. The predicted molar refractivity (Wildman–Crippen MR) is 84.3 cm³/mol. The molecular formula is C17H19N5. The van der Waals surface area contributed by atoms with Crippen LogP contribution >= 0.6 is 0 Å². The van der Waals surface area contributed by atoms with Crippen LogP contribution in [0.5, 0.6) is 0 Å². The summed E-state index contributed by atoms with van der Waals surface area (Å²) in [6, 6.07) is 13.2. The lowest BCUT2D eigenvalue weighted by Crippen LogP contribution is -2.45. The first-order valence-corrected chi connectivity index (χ1v) is 8.12. The van der Waals surface area contributed by atoms with Crippen molar-refractivity contribution < 1.29 is 0 Å². The average molecular weight is 293 g/mol. The van der Waals surface area contributed by atoms with Gasteiger partial charge in [0.25, 0.3) is 0 Å². The van der Waals surface area contributed by atoms with Gasteiger partial charge in [0.1, 0.15) is 11.7 Å². The smallest absolute Gasteiger partial charge is 0.113 e. The van der Waals surface area contributed by atoms with Crippen LogP contribution in [0.3, 0.4) is 0 Å². The molecule has 5 nitrogen and oxygen atoms in total. The minimum atomic E-state index is 0.329. The van der Waals surface area contributed by atoms with Gasteiger partial charge >= 0.3 is 0 Å². The highest BCUT2D eigenvalue weighted by atomic mass is 15.5. The molecule has 0 aliphatic carbocycles. The van der Waals surface area contributed by atoms with Gasteiger partial charge in [-0.15, -0.1) is 5.10 Å². The molecule has 0 amide bonds. The van der Waals surface area contributed by atoms with Crippen LogP contribution in [0.25, 0.3) is 11.0 Å². The molecule has 1 fully saturated rings. The summed E-state index contributed by atoms with van der Waals surface area (Å²) in [5, 5.41) is 8.82. The normalized spacial score (nSPS) is 25.1. The number of fused-ring (bicyclic) bond motifs is 4. The quantitative estimate of drug-likeness (QED) is 0.692. The van der Waals surface area contributed by atoms with E-state index in [-0.39, 0.29) is 0 Å². The molecule has 1 aromatic carbocycles. The van der Waals surface area contributed by atoms with Crippen LogP contribution in [0.2, 0.25) is 0 Å². The Hall–Kier alpha value is -2.14. The number of hydrogen-bond acceptors (Lipinski definition) is 3. The van der Waals surface area contributed by atoms with Crippen LogP contribution in [-0.4, -0.2) is 31.0 Å². The van der Waals surface area contributed by atoms with E-state index in [1.165, 1.54) is 18.5 Å². The van der Waals surface area contributed by atoms with Gasteiger partial charge in [0, 0.05) is 25.0 Å². The van der Waals surface area contributed by atoms with Crippen molar-refractivity contribution in [2.75, 3.05) is 6.54 Å². The Morgan fingerprint density at radius 2 is 1.95 bits per heavy atom. The van der Waals surface area contributed by atoms with Gasteiger partial charge in [0.15, 0.2) is 0 Å². The molecule has 0 spiro atoms. The van der Waals surface area contributed by atoms with E-state index < -0.39 is 0 Å². The van der Waals surface area contributed by atoms with E-state index in [2.05, 4.69) is 54.9 Å². The van der Waals surface area contributed by atoms with Gasteiger partial charge in [0.2, 0.25) is 0 Å². The molecule has 0 unspecified atom stereocenters. The van der Waals surface area contributed by atoms with Crippen molar-refractivity contribution in [3.05, 3.63) is 48.3 Å². The fraction of sp³-hybridized carbons (Fsp3) is 0.412. The number of para-hydroxylation sites is 1. The molecule has 0 radical (unpaired) electrons. The molecule has 0 saturated carbocycles. The topological polar surface area (TPSA) is 38.9 Å². The highest BCUT2D eigenvalue weighted by Gasteiger charge is 2.37. The monoisotopic (exact) mass is 293 g/mol. The van der Waals surface area contributed by atoms with Gasteiger partial charge < -0.3 is 4.57 Å². The van der Waals surface area contributed by atoms with Crippen molar-refractivity contribution in [3.8, 4) is 0 Å². The first-order chi connectivity index (χ1) is 10.9. The number of aromatic nitrogens is 4. The highest BCUT2D eigenvalue weighted by Crippen LogP contribution is 2.41. The van der Waals surface area contributed by atoms with E-state index in [1.54, 1.807) is 0 Å². The predicted octanol–water partition coefficient (Wildman–Crippen LogP) is 2.97. The van der Waals surface area contributed by atoms with Crippen LogP contribution in [0.4, 0.5) is 0 Å². The van der Waals surface area contributed by atoms with E-state index >= 15 is 0 Å². The van der Waals surface area contributed by atoms with Gasteiger partial charge in [-0.25, -0.2) is 4.68 Å². The zero-order valence-electron chi connectivity index (χ0n) is 12.5. The molecule has 22 heavy (non-hydrogen) atoms. The second-order valence-corrected chi connectivity index (χ2v) is 6.31. The van der Waals surface area contributed by atoms with Crippen molar-refractivity contribution in [2.24, 2.45) is 0 Å². The van der Waals surface area contributed by atoms with Crippen LogP contribution in [0, 0.1) is 0 Å². The number of nitrogens with zero attached hydrogens (tertiary/aromatic N) is 5. The maximum atomic E-state index is 4.47. The lowest BCUT2D eigenvalue weighted by molar-refractivity contribution is 0.0126. The fourth-order valence-electron chi connectivity index (χ4n) is 4.18. The number of benzene rings is 1. The Kier molecular flexibility index (Phi) is 2.64. The number of hydrogen-bond donors (Lipinski definition) is 0. The molecule has 5 rings (SSSR count). The largest absolute Gasteiger partial charge is 0.349 e. The maximum absolute atomic E-state index is 4.47. The third-order valence-electron chi connectivity index (χ3n) is 5.19. The van der Waals surface area contributed by atoms with E-state index in [0.29, 0.717) is 12.2 Å². The minimum absolute atomic E-state index is 0.329. The van der Waals surface area contributed by atoms with Crippen molar-refractivity contribution >= 4 is 11.0 Å². The first kappa shape index (κ1) is 12.4. The number of rotatable bonds is 1. The van der Waals surface area contributed by atoms with Gasteiger partial charge in [-0.05, 0) is 43.5 Å². The van der Waals surface area contributed by atoms with Crippen molar-refractivity contribution in [3.63, 3.8) is 0 Å². The second kappa shape index (κ2) is 4.68. The lowest BCUT2D eigenvalue weighted by Gasteiger charge is -2.45. The summed E-state index contributed by atoms with van der Waals surface area (Å²) < 4.78 is 4.54. The summed E-state index contributed by atoms with van der Waals surface area (Å²) in [5.41, 5.74) is 3.60. The SMILES string of the molecule is c1ccc2c(c1)nnn2[C@H]1CCC[C@H]2c3cccn3CCN21. The van der Waals surface area contributed by atoms with Gasteiger partial charge in [-0.1, -0.05) is 17.3 Å². The molecule has 0 N–H and O–H groups in total. The summed E-state index contributed by atoms with van der Waals surface area (Å²) >= 11 is 0. The molecule has 2 aliphatic heterocycles. The summed E-state index contributed by atoms with van der Waals surface area (Å²) in [7, 11) is 0. The maximum Gasteiger partial charge on any atom is 0.113 e. The summed E-state index contributed by atoms with van der Waals surface area (Å²) in [6.45, 7) is 2.16. The standard InChI is InChI=1S/C17H19N5/c1-2-6-14-13(5-1)18-19-22(14)17-9-3-7-16-15-8-4-10-20(15)11-12-21(16)17/h1-2,4-6,8,10,16-17H,3,7,9,11-12H2/t16-,17-/m0/s1. The minimum Gasteiger partial charge on any atom is -0.349 e. The third kappa shape index (κ3) is 1.69. The van der Waals surface area contributed by atoms with Gasteiger partial charge in [0.05, 0.1) is 11.6 Å². The van der Waals surface area contributed by atoms with E-state index in [1.807, 2.05) is 12.1 Å². The van der Waals surface area contributed by atoms with Crippen molar-refractivity contribution in [2.45, 2.75) is 38.0 Å². The van der Waals surface area contributed by atoms with Crippen LogP contribution in [0.1, 0.15) is 37.2 Å². The van der Waals surface area contributed by atoms with Crippen LogP contribution < -0.4 is 0 Å². The van der Waals surface area contributed by atoms with Crippen molar-refractivity contribution in [1.82, 2.24) is 24.5 Å². The average Bonchev–Trinajstić information content (AvgIpc) is 3.21. The third-order valence-corrected chi connectivity index (χ3v) is 5.19. The zero-order valence-corrected chi connectivity index (χ0v) is 12.5. The van der Waals surface area contributed by atoms with Gasteiger partial charge in [-0.2, -0.15) is 0 Å². The molecular weight excluding hydrogens is 274 g/mol. The molecule has 1 saturated heterocycles. The molecule has 4 heterocycles. The lowest BCUT2D eigenvalue weighted by atomic mass is 9.95. The molecule has 2 atom stereocenters.